The highest BCUT2D eigenvalue weighted by Gasteiger charge is 2.31. The van der Waals surface area contributed by atoms with Crippen LogP contribution in [0, 0.1) is 6.92 Å². The van der Waals surface area contributed by atoms with Crippen LogP contribution < -0.4 is 0 Å². The Morgan fingerprint density at radius 3 is 2.50 bits per heavy atom. The number of aryl methyl sites for hydroxylation is 1. The van der Waals surface area contributed by atoms with Gasteiger partial charge < -0.3 is 9.63 Å². The number of nitrogens with zero attached hydrogens (tertiary/aromatic N) is 1. The van der Waals surface area contributed by atoms with Crippen molar-refractivity contribution >= 4 is 21.9 Å². The van der Waals surface area contributed by atoms with Crippen LogP contribution in [0.25, 0.3) is 11.3 Å². The molecule has 2 rings (SSSR count). The van der Waals surface area contributed by atoms with Crippen molar-refractivity contribution in [3.63, 3.8) is 0 Å². The minimum absolute atomic E-state index is 0.133. The number of carboxylic acid groups (broad SMARTS) is 1. The molecule has 1 aromatic carbocycles. The Morgan fingerprint density at radius 1 is 1.35 bits per heavy atom. The second kappa shape index (κ2) is 5.05. The molecule has 0 saturated heterocycles. The molecule has 0 spiro atoms. The van der Waals surface area contributed by atoms with Gasteiger partial charge in [-0.2, -0.15) is 0 Å². The first-order valence-corrected chi connectivity index (χ1v) is 7.01. The van der Waals surface area contributed by atoms with Gasteiger partial charge in [0.1, 0.15) is 11.3 Å². The predicted octanol–water partition coefficient (Wildman–Crippen LogP) is 4.41. The zero-order valence-corrected chi connectivity index (χ0v) is 13.4. The minimum Gasteiger partial charge on any atom is -0.477 e. The van der Waals surface area contributed by atoms with Crippen LogP contribution in [0.15, 0.2) is 27.2 Å². The molecule has 1 heterocycles. The summed E-state index contributed by atoms with van der Waals surface area (Å²) >= 11 is 3.45. The van der Waals surface area contributed by atoms with Gasteiger partial charge in [0.2, 0.25) is 0 Å². The molecule has 5 heteroatoms. The number of aromatic carboxylic acids is 1. The maximum Gasteiger partial charge on any atom is 0.341 e. The third-order valence-corrected chi connectivity index (χ3v) is 3.89. The third kappa shape index (κ3) is 2.63. The molecule has 0 atom stereocenters. The van der Waals surface area contributed by atoms with Crippen molar-refractivity contribution in [2.24, 2.45) is 0 Å². The highest BCUT2D eigenvalue weighted by atomic mass is 79.9. The van der Waals surface area contributed by atoms with Gasteiger partial charge in [0.15, 0.2) is 5.76 Å². The highest BCUT2D eigenvalue weighted by molar-refractivity contribution is 9.10. The van der Waals surface area contributed by atoms with E-state index >= 15 is 0 Å². The van der Waals surface area contributed by atoms with Crippen molar-refractivity contribution in [2.75, 3.05) is 0 Å². The topological polar surface area (TPSA) is 63.3 Å². The smallest absolute Gasteiger partial charge is 0.341 e. The van der Waals surface area contributed by atoms with Gasteiger partial charge in [0.25, 0.3) is 0 Å². The van der Waals surface area contributed by atoms with Gasteiger partial charge >= 0.3 is 5.97 Å². The second-order valence-electron chi connectivity index (χ2n) is 5.75. The van der Waals surface area contributed by atoms with E-state index < -0.39 is 11.4 Å². The molecule has 20 heavy (non-hydrogen) atoms. The van der Waals surface area contributed by atoms with Gasteiger partial charge in [0.05, 0.1) is 0 Å². The molecular weight excluding hydrogens is 322 g/mol. The summed E-state index contributed by atoms with van der Waals surface area (Å²) in [5.41, 5.74) is 1.88. The molecule has 106 valence electrons. The lowest BCUT2D eigenvalue weighted by molar-refractivity contribution is 0.0693. The fourth-order valence-electron chi connectivity index (χ4n) is 1.94. The summed E-state index contributed by atoms with van der Waals surface area (Å²) in [6.45, 7) is 7.66. The summed E-state index contributed by atoms with van der Waals surface area (Å²) in [7, 11) is 0. The van der Waals surface area contributed by atoms with Crippen LogP contribution in [0.4, 0.5) is 0 Å². The monoisotopic (exact) mass is 337 g/mol. The molecule has 2 aromatic rings. The molecule has 4 nitrogen and oxygen atoms in total. The minimum atomic E-state index is -1.03. The van der Waals surface area contributed by atoms with Gasteiger partial charge in [0, 0.05) is 15.5 Å². The van der Waals surface area contributed by atoms with E-state index in [4.69, 9.17) is 4.52 Å². The first-order valence-electron chi connectivity index (χ1n) is 6.22. The fourth-order valence-corrected chi connectivity index (χ4v) is 2.32. The van der Waals surface area contributed by atoms with Gasteiger partial charge in [-0.25, -0.2) is 4.79 Å². The summed E-state index contributed by atoms with van der Waals surface area (Å²) in [5, 5.41) is 13.4. The van der Waals surface area contributed by atoms with Crippen molar-refractivity contribution in [1.82, 2.24) is 5.16 Å². The van der Waals surface area contributed by atoms with Crippen LogP contribution in [-0.4, -0.2) is 16.2 Å². The molecule has 0 aliphatic heterocycles. The highest BCUT2D eigenvalue weighted by Crippen LogP contribution is 2.34. The Hall–Kier alpha value is -1.62. The quantitative estimate of drug-likeness (QED) is 0.881. The van der Waals surface area contributed by atoms with Crippen LogP contribution in [0.1, 0.15) is 42.5 Å². The van der Waals surface area contributed by atoms with E-state index in [-0.39, 0.29) is 5.56 Å². The Bertz CT molecular complexity index is 668. The van der Waals surface area contributed by atoms with Crippen LogP contribution in [-0.2, 0) is 5.41 Å². The van der Waals surface area contributed by atoms with E-state index in [9.17, 15) is 9.90 Å². The number of benzene rings is 1. The average molecular weight is 338 g/mol. The molecule has 0 amide bonds. The Balaban J connectivity index is 2.66. The van der Waals surface area contributed by atoms with Gasteiger partial charge in [-0.1, -0.05) is 54.0 Å². The van der Waals surface area contributed by atoms with Crippen LogP contribution >= 0.6 is 15.9 Å². The van der Waals surface area contributed by atoms with E-state index in [0.29, 0.717) is 11.5 Å². The normalized spacial score (nSPS) is 11.7. The first-order chi connectivity index (χ1) is 9.21. The maximum atomic E-state index is 11.6. The lowest BCUT2D eigenvalue weighted by Crippen LogP contribution is -2.15. The molecule has 0 fully saturated rings. The predicted molar refractivity (Wildman–Crippen MR) is 80.0 cm³/mol. The summed E-state index contributed by atoms with van der Waals surface area (Å²) in [6, 6.07) is 5.61. The number of halogens is 1. The molecule has 1 N–H and O–H groups in total. The van der Waals surface area contributed by atoms with Crippen molar-refractivity contribution < 1.29 is 14.4 Å². The van der Waals surface area contributed by atoms with Crippen molar-refractivity contribution in [3.05, 3.63) is 39.6 Å². The van der Waals surface area contributed by atoms with Crippen molar-refractivity contribution in [2.45, 2.75) is 33.1 Å². The van der Waals surface area contributed by atoms with E-state index in [2.05, 4.69) is 21.1 Å². The van der Waals surface area contributed by atoms with Gasteiger partial charge in [-0.05, 0) is 18.6 Å². The number of hydrogen-bond donors (Lipinski definition) is 1. The molecular formula is C15H16BrNO3. The second-order valence-corrected chi connectivity index (χ2v) is 6.61. The SMILES string of the molecule is Cc1ccc(-c2noc(C(C)(C)C)c2C(=O)O)cc1Br. The molecule has 0 aliphatic carbocycles. The van der Waals surface area contributed by atoms with Crippen molar-refractivity contribution in [3.8, 4) is 11.3 Å². The molecule has 0 unspecified atom stereocenters. The van der Waals surface area contributed by atoms with E-state index in [1.54, 1.807) is 0 Å². The molecule has 0 aliphatic rings. The number of carbonyl (C=O) groups is 1. The zero-order chi connectivity index (χ0) is 15.1. The standard InChI is InChI=1S/C15H16BrNO3/c1-8-5-6-9(7-10(8)16)12-11(14(18)19)13(20-17-12)15(2,3)4/h5-7H,1-4H3,(H,18,19). The lowest BCUT2D eigenvalue weighted by Gasteiger charge is -2.14. The molecule has 0 saturated carbocycles. The zero-order valence-electron chi connectivity index (χ0n) is 11.8. The Labute approximate surface area is 125 Å². The average Bonchev–Trinajstić information content (AvgIpc) is 2.77. The van der Waals surface area contributed by atoms with Crippen LogP contribution in [0.3, 0.4) is 0 Å². The molecule has 0 radical (unpaired) electrons. The third-order valence-electron chi connectivity index (χ3n) is 3.03. The Kier molecular flexibility index (Phi) is 3.73. The molecule has 1 aromatic heterocycles. The fraction of sp³-hybridized carbons (Fsp3) is 0.333. The Morgan fingerprint density at radius 2 is 2.00 bits per heavy atom. The number of carboxylic acids is 1. The van der Waals surface area contributed by atoms with E-state index in [0.717, 1.165) is 15.6 Å². The van der Waals surface area contributed by atoms with Gasteiger partial charge in [-0.15, -0.1) is 0 Å². The number of hydrogen-bond acceptors (Lipinski definition) is 3. The maximum absolute atomic E-state index is 11.6. The van der Waals surface area contributed by atoms with E-state index in [1.165, 1.54) is 0 Å². The first kappa shape index (κ1) is 14.8. The lowest BCUT2D eigenvalue weighted by atomic mass is 9.89. The number of aromatic nitrogens is 1. The summed E-state index contributed by atoms with van der Waals surface area (Å²) < 4.78 is 6.21. The van der Waals surface area contributed by atoms with E-state index in [1.807, 2.05) is 45.9 Å². The van der Waals surface area contributed by atoms with Crippen LogP contribution in [0.2, 0.25) is 0 Å². The molecule has 0 bridgehead atoms. The van der Waals surface area contributed by atoms with Crippen molar-refractivity contribution in [1.29, 1.82) is 0 Å². The van der Waals surface area contributed by atoms with Gasteiger partial charge in [-0.3, -0.25) is 0 Å². The summed E-state index contributed by atoms with van der Waals surface area (Å²) in [4.78, 5) is 11.6. The number of rotatable bonds is 2. The summed E-state index contributed by atoms with van der Waals surface area (Å²) in [6.07, 6.45) is 0. The summed E-state index contributed by atoms with van der Waals surface area (Å²) in [5.74, 6) is -0.639. The van der Waals surface area contributed by atoms with Crippen LogP contribution in [0.5, 0.6) is 0 Å². The largest absolute Gasteiger partial charge is 0.477 e.